The summed E-state index contributed by atoms with van der Waals surface area (Å²) in [5.74, 6) is -0.303. The van der Waals surface area contributed by atoms with Crippen LogP contribution in [0.1, 0.15) is 18.4 Å². The SMILES string of the molecule is NC(=O)CCCc1cnc(Cl)cc1Cl. The molecule has 0 unspecified atom stereocenters. The molecule has 1 heterocycles. The number of aromatic nitrogens is 1. The van der Waals surface area contributed by atoms with Gasteiger partial charge in [0.25, 0.3) is 0 Å². The molecule has 1 rings (SSSR count). The van der Waals surface area contributed by atoms with Crippen molar-refractivity contribution in [3.8, 4) is 0 Å². The monoisotopic (exact) mass is 232 g/mol. The summed E-state index contributed by atoms with van der Waals surface area (Å²) in [5, 5.41) is 0.947. The molecule has 1 aromatic heterocycles. The Morgan fingerprint density at radius 2 is 2.21 bits per heavy atom. The van der Waals surface area contributed by atoms with E-state index in [1.165, 1.54) is 0 Å². The quantitative estimate of drug-likeness (QED) is 0.810. The van der Waals surface area contributed by atoms with Crippen molar-refractivity contribution in [3.05, 3.63) is 28.0 Å². The molecule has 0 saturated heterocycles. The molecule has 0 fully saturated rings. The second-order valence-corrected chi connectivity index (χ2v) is 3.71. The highest BCUT2D eigenvalue weighted by Gasteiger charge is 2.03. The molecule has 0 aliphatic rings. The number of hydrogen-bond donors (Lipinski definition) is 1. The van der Waals surface area contributed by atoms with Crippen LogP contribution in [0.5, 0.6) is 0 Å². The van der Waals surface area contributed by atoms with Crippen LogP contribution >= 0.6 is 23.2 Å². The molecule has 0 spiro atoms. The molecular formula is C9H10Cl2N2O. The highest BCUT2D eigenvalue weighted by Crippen LogP contribution is 2.20. The molecule has 0 aliphatic carbocycles. The number of carbonyl (C=O) groups excluding carboxylic acids is 1. The maximum absolute atomic E-state index is 10.5. The van der Waals surface area contributed by atoms with E-state index in [-0.39, 0.29) is 5.91 Å². The van der Waals surface area contributed by atoms with Gasteiger partial charge >= 0.3 is 0 Å². The molecule has 3 nitrogen and oxygen atoms in total. The van der Waals surface area contributed by atoms with Crippen LogP contribution in [0.3, 0.4) is 0 Å². The second kappa shape index (κ2) is 5.17. The van der Waals surface area contributed by atoms with Crippen LogP contribution in [0.15, 0.2) is 12.3 Å². The van der Waals surface area contributed by atoms with E-state index in [4.69, 9.17) is 28.9 Å². The van der Waals surface area contributed by atoms with Gasteiger partial charge in [-0.25, -0.2) is 4.98 Å². The third kappa shape index (κ3) is 3.52. The minimum absolute atomic E-state index is 0.303. The zero-order chi connectivity index (χ0) is 10.6. The first kappa shape index (κ1) is 11.3. The van der Waals surface area contributed by atoms with Gasteiger partial charge in [-0.3, -0.25) is 4.79 Å². The zero-order valence-corrected chi connectivity index (χ0v) is 8.98. The first-order valence-electron chi connectivity index (χ1n) is 4.18. The molecule has 0 aliphatic heterocycles. The number of amides is 1. The van der Waals surface area contributed by atoms with Gasteiger partial charge in [0, 0.05) is 17.6 Å². The summed E-state index contributed by atoms with van der Waals surface area (Å²) in [6.45, 7) is 0. The molecular weight excluding hydrogens is 223 g/mol. The number of halogens is 2. The van der Waals surface area contributed by atoms with E-state index in [1.54, 1.807) is 12.3 Å². The van der Waals surface area contributed by atoms with Gasteiger partial charge in [-0.1, -0.05) is 23.2 Å². The van der Waals surface area contributed by atoms with Gasteiger partial charge in [0.05, 0.1) is 0 Å². The van der Waals surface area contributed by atoms with E-state index >= 15 is 0 Å². The fourth-order valence-corrected chi connectivity index (χ4v) is 1.53. The maximum Gasteiger partial charge on any atom is 0.217 e. The van der Waals surface area contributed by atoms with E-state index in [9.17, 15) is 4.79 Å². The Bertz CT molecular complexity index is 342. The van der Waals surface area contributed by atoms with Crippen LogP contribution < -0.4 is 5.73 Å². The number of nitrogens with two attached hydrogens (primary N) is 1. The lowest BCUT2D eigenvalue weighted by Gasteiger charge is -2.02. The summed E-state index contributed by atoms with van der Waals surface area (Å²) in [6.07, 6.45) is 3.34. The Balaban J connectivity index is 2.55. The van der Waals surface area contributed by atoms with Gasteiger partial charge in [-0.05, 0) is 24.5 Å². The van der Waals surface area contributed by atoms with Crippen molar-refractivity contribution < 1.29 is 4.79 Å². The largest absolute Gasteiger partial charge is 0.370 e. The van der Waals surface area contributed by atoms with Crippen molar-refractivity contribution in [2.75, 3.05) is 0 Å². The third-order valence-corrected chi connectivity index (χ3v) is 2.32. The molecule has 0 aromatic carbocycles. The van der Waals surface area contributed by atoms with Crippen LogP contribution in [0.4, 0.5) is 0 Å². The number of primary amides is 1. The number of nitrogens with zero attached hydrogens (tertiary/aromatic N) is 1. The fraction of sp³-hybridized carbons (Fsp3) is 0.333. The highest BCUT2D eigenvalue weighted by atomic mass is 35.5. The zero-order valence-electron chi connectivity index (χ0n) is 7.46. The van der Waals surface area contributed by atoms with Crippen LogP contribution in [-0.2, 0) is 11.2 Å². The second-order valence-electron chi connectivity index (χ2n) is 2.92. The van der Waals surface area contributed by atoms with Crippen molar-refractivity contribution in [1.29, 1.82) is 0 Å². The van der Waals surface area contributed by atoms with E-state index in [2.05, 4.69) is 4.98 Å². The topological polar surface area (TPSA) is 56.0 Å². The Hall–Kier alpha value is -0.800. The number of rotatable bonds is 4. The minimum atomic E-state index is -0.303. The van der Waals surface area contributed by atoms with Gasteiger partial charge in [0.2, 0.25) is 5.91 Å². The normalized spacial score (nSPS) is 10.1. The van der Waals surface area contributed by atoms with Gasteiger partial charge < -0.3 is 5.73 Å². The van der Waals surface area contributed by atoms with E-state index < -0.39 is 0 Å². The summed E-state index contributed by atoms with van der Waals surface area (Å²) in [4.78, 5) is 14.4. The van der Waals surface area contributed by atoms with Crippen LogP contribution in [0.2, 0.25) is 10.2 Å². The summed E-state index contributed by atoms with van der Waals surface area (Å²) in [5.41, 5.74) is 5.90. The maximum atomic E-state index is 10.5. The van der Waals surface area contributed by atoms with Crippen molar-refractivity contribution in [2.24, 2.45) is 5.73 Å². The predicted molar refractivity (Wildman–Crippen MR) is 56.4 cm³/mol. The average Bonchev–Trinajstić information content (AvgIpc) is 2.08. The molecule has 0 bridgehead atoms. The molecule has 2 N–H and O–H groups in total. The molecule has 1 amide bonds. The Labute approximate surface area is 92.2 Å². The van der Waals surface area contributed by atoms with Crippen molar-refractivity contribution in [1.82, 2.24) is 4.98 Å². The summed E-state index contributed by atoms with van der Waals surface area (Å²) in [7, 11) is 0. The van der Waals surface area contributed by atoms with E-state index in [0.29, 0.717) is 29.4 Å². The number of aryl methyl sites for hydroxylation is 1. The van der Waals surface area contributed by atoms with Crippen LogP contribution in [0, 0.1) is 0 Å². The van der Waals surface area contributed by atoms with Gasteiger partial charge in [0.1, 0.15) is 5.15 Å². The Kier molecular flexibility index (Phi) is 4.17. The lowest BCUT2D eigenvalue weighted by molar-refractivity contribution is -0.118. The lowest BCUT2D eigenvalue weighted by atomic mass is 10.1. The standard InChI is InChI=1S/C9H10Cl2N2O/c10-7-4-8(11)13-5-6(7)2-1-3-9(12)14/h4-5H,1-3H2,(H2,12,14). The first-order chi connectivity index (χ1) is 6.59. The molecule has 5 heteroatoms. The van der Waals surface area contributed by atoms with Crippen molar-refractivity contribution in [2.45, 2.75) is 19.3 Å². The van der Waals surface area contributed by atoms with Gasteiger partial charge in [0.15, 0.2) is 0 Å². The number of hydrogen-bond acceptors (Lipinski definition) is 2. The summed E-state index contributed by atoms with van der Waals surface area (Å²) >= 11 is 11.5. The van der Waals surface area contributed by atoms with Gasteiger partial charge in [-0.2, -0.15) is 0 Å². The molecule has 76 valence electrons. The Morgan fingerprint density at radius 3 is 2.79 bits per heavy atom. The number of pyridine rings is 1. The molecule has 0 radical (unpaired) electrons. The smallest absolute Gasteiger partial charge is 0.217 e. The highest BCUT2D eigenvalue weighted by molar-refractivity contribution is 6.34. The Morgan fingerprint density at radius 1 is 1.50 bits per heavy atom. The molecule has 1 aromatic rings. The van der Waals surface area contributed by atoms with E-state index in [0.717, 1.165) is 5.56 Å². The van der Waals surface area contributed by atoms with E-state index in [1.807, 2.05) is 0 Å². The fourth-order valence-electron chi connectivity index (χ4n) is 1.07. The summed E-state index contributed by atoms with van der Waals surface area (Å²) in [6, 6.07) is 1.59. The summed E-state index contributed by atoms with van der Waals surface area (Å²) < 4.78 is 0. The van der Waals surface area contributed by atoms with Crippen molar-refractivity contribution in [3.63, 3.8) is 0 Å². The van der Waals surface area contributed by atoms with Crippen LogP contribution in [-0.4, -0.2) is 10.9 Å². The van der Waals surface area contributed by atoms with Crippen molar-refractivity contribution >= 4 is 29.1 Å². The molecule has 14 heavy (non-hydrogen) atoms. The minimum Gasteiger partial charge on any atom is -0.370 e. The first-order valence-corrected chi connectivity index (χ1v) is 4.93. The molecule has 0 atom stereocenters. The van der Waals surface area contributed by atoms with Gasteiger partial charge in [-0.15, -0.1) is 0 Å². The van der Waals surface area contributed by atoms with Crippen LogP contribution in [0.25, 0.3) is 0 Å². The third-order valence-electron chi connectivity index (χ3n) is 1.77. The molecule has 0 saturated carbocycles. The number of carbonyl (C=O) groups is 1. The predicted octanol–water partition coefficient (Wildman–Crippen LogP) is 2.20. The lowest BCUT2D eigenvalue weighted by Crippen LogP contribution is -2.10. The average molecular weight is 233 g/mol.